The van der Waals surface area contributed by atoms with E-state index in [0.29, 0.717) is 5.56 Å². The third kappa shape index (κ3) is 6.40. The Balaban J connectivity index is 1.60. The number of ether oxygens (including phenoxy) is 3. The highest BCUT2D eigenvalue weighted by atomic mass is 16.7. The molecule has 2 aromatic carbocycles. The van der Waals surface area contributed by atoms with E-state index in [0.717, 1.165) is 6.92 Å². The van der Waals surface area contributed by atoms with Gasteiger partial charge >= 0.3 is 11.9 Å². The van der Waals surface area contributed by atoms with Gasteiger partial charge in [0.25, 0.3) is 0 Å². The summed E-state index contributed by atoms with van der Waals surface area (Å²) in [5, 5.41) is 61.2. The number of benzene rings is 2. The third-order valence-corrected chi connectivity index (χ3v) is 6.99. The van der Waals surface area contributed by atoms with E-state index < -0.39 is 78.9 Å². The number of esters is 1. The number of aliphatic hydroxyl groups excluding tert-OH is 3. The molecule has 0 radical (unpaired) electrons. The Hall–Kier alpha value is -4.01. The number of aliphatic carboxylic acids is 1. The molecule has 0 spiro atoms. The summed E-state index contributed by atoms with van der Waals surface area (Å²) in [5.74, 6) is -2.53. The molecule has 42 heavy (non-hydrogen) atoms. The van der Waals surface area contributed by atoms with Crippen molar-refractivity contribution in [1.29, 1.82) is 0 Å². The van der Waals surface area contributed by atoms with Gasteiger partial charge in [0.1, 0.15) is 59.3 Å². The lowest BCUT2D eigenvalue weighted by atomic mass is 9.98. The number of hydrogen-bond donors (Lipinski definition) is 6. The molecule has 13 nitrogen and oxygen atoms in total. The van der Waals surface area contributed by atoms with Crippen molar-refractivity contribution in [2.75, 3.05) is 6.61 Å². The van der Waals surface area contributed by atoms with Crippen molar-refractivity contribution in [3.8, 4) is 22.8 Å². The number of rotatable bonds is 9. The van der Waals surface area contributed by atoms with Crippen molar-refractivity contribution in [2.24, 2.45) is 0 Å². The summed E-state index contributed by atoms with van der Waals surface area (Å²) in [6.45, 7) is 3.53. The first-order chi connectivity index (χ1) is 19.7. The topological polar surface area (TPSA) is 213 Å². The molecule has 6 atom stereocenters. The van der Waals surface area contributed by atoms with Crippen LogP contribution in [-0.2, 0) is 19.1 Å². The minimum Gasteiger partial charge on any atom is -0.507 e. The molecule has 1 aliphatic rings. The zero-order valence-corrected chi connectivity index (χ0v) is 23.0. The van der Waals surface area contributed by atoms with Crippen LogP contribution >= 0.6 is 0 Å². The van der Waals surface area contributed by atoms with Gasteiger partial charge in [0, 0.05) is 22.8 Å². The summed E-state index contributed by atoms with van der Waals surface area (Å²) in [6, 6.07) is 10.1. The van der Waals surface area contributed by atoms with E-state index >= 15 is 0 Å². The molecule has 226 valence electrons. The first kappa shape index (κ1) is 30.9. The minimum absolute atomic E-state index is 0.0178. The molecule has 1 aromatic heterocycles. The van der Waals surface area contributed by atoms with Gasteiger partial charge in [-0.3, -0.25) is 14.4 Å². The minimum atomic E-state index is -1.89. The Morgan fingerprint density at radius 3 is 2.31 bits per heavy atom. The highest BCUT2D eigenvalue weighted by Crippen LogP contribution is 2.40. The second kappa shape index (κ2) is 12.1. The number of phenolic OH excluding ortho intramolecular Hbond substituents is 1. The summed E-state index contributed by atoms with van der Waals surface area (Å²) < 4.78 is 22.5. The normalized spacial score (nSPS) is 23.7. The van der Waals surface area contributed by atoms with Crippen LogP contribution in [0.5, 0.6) is 11.5 Å². The van der Waals surface area contributed by atoms with E-state index in [1.165, 1.54) is 13.0 Å². The lowest BCUT2D eigenvalue weighted by molar-refractivity contribution is -0.278. The lowest BCUT2D eigenvalue weighted by Crippen LogP contribution is -2.60. The lowest BCUT2D eigenvalue weighted by Gasteiger charge is -2.40. The number of aromatic hydroxyl groups is 1. The molecule has 0 saturated carbocycles. The smallest absolute Gasteiger partial charge is 0.308 e. The third-order valence-electron chi connectivity index (χ3n) is 6.99. The van der Waals surface area contributed by atoms with E-state index in [1.54, 1.807) is 37.3 Å². The van der Waals surface area contributed by atoms with Gasteiger partial charge in [-0.2, -0.15) is 0 Å². The maximum Gasteiger partial charge on any atom is 0.308 e. The van der Waals surface area contributed by atoms with Gasteiger partial charge in [0.15, 0.2) is 5.43 Å². The summed E-state index contributed by atoms with van der Waals surface area (Å²) in [5.41, 5.74) is -1.37. The van der Waals surface area contributed by atoms with Crippen molar-refractivity contribution in [2.45, 2.75) is 69.9 Å². The van der Waals surface area contributed by atoms with E-state index in [1.807, 2.05) is 0 Å². The van der Waals surface area contributed by atoms with Crippen LogP contribution in [0.25, 0.3) is 22.3 Å². The number of phenols is 1. The molecule has 6 N–H and O–H groups in total. The van der Waals surface area contributed by atoms with Crippen molar-refractivity contribution in [3.05, 3.63) is 57.7 Å². The van der Waals surface area contributed by atoms with Crippen LogP contribution in [0.4, 0.5) is 0 Å². The fraction of sp³-hybridized carbons (Fsp3) is 0.414. The largest absolute Gasteiger partial charge is 0.507 e. The van der Waals surface area contributed by atoms with Crippen LogP contribution < -0.4 is 10.2 Å². The maximum atomic E-state index is 13.0. The zero-order valence-electron chi connectivity index (χ0n) is 23.0. The molecule has 6 unspecified atom stereocenters. The fourth-order valence-corrected chi connectivity index (χ4v) is 4.78. The van der Waals surface area contributed by atoms with Gasteiger partial charge in [-0.15, -0.1) is 0 Å². The second-order valence-corrected chi connectivity index (χ2v) is 10.5. The van der Waals surface area contributed by atoms with E-state index in [4.69, 9.17) is 23.7 Å². The number of carbonyl (C=O) groups excluding carboxylic acids is 1. The van der Waals surface area contributed by atoms with Gasteiger partial charge in [-0.1, -0.05) is 30.3 Å². The molecule has 0 bridgehead atoms. The molecule has 13 heteroatoms. The molecular weight excluding hydrogens is 556 g/mol. The predicted molar refractivity (Wildman–Crippen MR) is 145 cm³/mol. The molecular formula is C29H32O13. The van der Waals surface area contributed by atoms with Crippen molar-refractivity contribution >= 4 is 22.9 Å². The van der Waals surface area contributed by atoms with E-state index in [2.05, 4.69) is 0 Å². The molecule has 0 amide bonds. The van der Waals surface area contributed by atoms with Gasteiger partial charge < -0.3 is 49.3 Å². The van der Waals surface area contributed by atoms with Gasteiger partial charge in [-0.25, -0.2) is 0 Å². The quantitative estimate of drug-likeness (QED) is 0.194. The van der Waals surface area contributed by atoms with Crippen LogP contribution in [0, 0.1) is 13.8 Å². The Bertz CT molecular complexity index is 1530. The van der Waals surface area contributed by atoms with Crippen LogP contribution in [0.1, 0.15) is 30.9 Å². The van der Waals surface area contributed by atoms with Crippen LogP contribution in [0.15, 0.2) is 45.6 Å². The molecule has 3 aromatic rings. The zero-order chi connectivity index (χ0) is 30.9. The molecule has 1 saturated heterocycles. The second-order valence-electron chi connectivity index (χ2n) is 10.5. The molecule has 1 aliphatic heterocycles. The van der Waals surface area contributed by atoms with Crippen LogP contribution in [0.2, 0.25) is 0 Å². The monoisotopic (exact) mass is 588 g/mol. The molecule has 2 heterocycles. The molecule has 1 fully saturated rings. The Kier molecular flexibility index (Phi) is 8.89. The molecule has 0 aliphatic carbocycles. The number of aryl methyl sites for hydroxylation is 1. The summed E-state index contributed by atoms with van der Waals surface area (Å²) in [6.07, 6.45) is -9.73. The van der Waals surface area contributed by atoms with Gasteiger partial charge in [0.2, 0.25) is 6.29 Å². The van der Waals surface area contributed by atoms with E-state index in [9.17, 15) is 39.9 Å². The average Bonchev–Trinajstić information content (AvgIpc) is 2.92. The van der Waals surface area contributed by atoms with Crippen LogP contribution in [-0.4, -0.2) is 85.5 Å². The first-order valence-electron chi connectivity index (χ1n) is 13.0. The Morgan fingerprint density at radius 1 is 1.00 bits per heavy atom. The molecule has 4 rings (SSSR count). The van der Waals surface area contributed by atoms with Gasteiger partial charge in [0.05, 0.1) is 18.4 Å². The fourth-order valence-electron chi connectivity index (χ4n) is 4.78. The summed E-state index contributed by atoms with van der Waals surface area (Å²) in [7, 11) is 0. The van der Waals surface area contributed by atoms with Crippen molar-refractivity contribution in [1.82, 2.24) is 0 Å². The first-order valence-corrected chi connectivity index (χ1v) is 13.0. The number of fused-ring (bicyclic) bond motifs is 1. The number of hydrogen-bond acceptors (Lipinski definition) is 12. The summed E-state index contributed by atoms with van der Waals surface area (Å²) >= 11 is 0. The SMILES string of the molecule is Cc1c(OC2OC(COC(=O)CC(C)(O)CC(=O)O)C(O)C(O)C2O)c(C)c2oc(-c3ccccc3)cc(=O)c2c1O. The average molecular weight is 589 g/mol. The van der Waals surface area contributed by atoms with E-state index in [-0.39, 0.29) is 33.6 Å². The number of carbonyl (C=O) groups is 2. The number of carboxylic acid groups (broad SMARTS) is 1. The Labute approximate surface area is 239 Å². The highest BCUT2D eigenvalue weighted by molar-refractivity contribution is 5.90. The van der Waals surface area contributed by atoms with Gasteiger partial charge in [-0.05, 0) is 20.8 Å². The number of carboxylic acids is 1. The summed E-state index contributed by atoms with van der Waals surface area (Å²) in [4.78, 5) is 36.0. The Morgan fingerprint density at radius 2 is 1.67 bits per heavy atom. The number of aliphatic hydroxyl groups is 4. The maximum absolute atomic E-state index is 13.0. The highest BCUT2D eigenvalue weighted by Gasteiger charge is 2.46. The van der Waals surface area contributed by atoms with Crippen molar-refractivity contribution < 1.29 is 58.9 Å². The standard InChI is InChI=1S/C29H32O13/c1-13-22(34)21-16(30)9-17(15-7-5-4-6-8-15)40-27(21)14(2)26(13)42-28-25(37)24(36)23(35)18(41-28)12-39-20(33)11-29(3,38)10-19(31)32/h4-9,18,23-25,28,34-38H,10-12H2,1-3H3,(H,31,32). The van der Waals surface area contributed by atoms with Crippen molar-refractivity contribution in [3.63, 3.8) is 0 Å². The predicted octanol–water partition coefficient (Wildman–Crippen LogP) is 1.13. The van der Waals surface area contributed by atoms with Crippen LogP contribution in [0.3, 0.4) is 0 Å².